The Labute approximate surface area is 72.4 Å². The Morgan fingerprint density at radius 3 is 2.30 bits per heavy atom. The van der Waals surface area contributed by atoms with Gasteiger partial charge in [0.05, 0.1) is 0 Å². The van der Waals surface area contributed by atoms with Crippen molar-refractivity contribution in [3.63, 3.8) is 0 Å². The summed E-state index contributed by atoms with van der Waals surface area (Å²) in [5.41, 5.74) is -0.201. The lowest BCUT2D eigenvalue weighted by Crippen LogP contribution is -2.16. The maximum Gasteiger partial charge on any atom is 0.194 e. The Hall–Kier alpha value is 0.370. The predicted molar refractivity (Wildman–Crippen MR) is 50.8 cm³/mol. The molecule has 0 amide bonds. The van der Waals surface area contributed by atoms with Gasteiger partial charge in [-0.1, -0.05) is 32.5 Å². The molecule has 0 aliphatic carbocycles. The molecule has 0 N–H and O–H groups in total. The van der Waals surface area contributed by atoms with E-state index >= 15 is 0 Å². The standard InChI is InChI=1S/C7H14OS2/c1-7(2,3)6(8)10-5-4-9/h9H,4-5H2,1-3H3. The summed E-state index contributed by atoms with van der Waals surface area (Å²) in [6.07, 6.45) is 0. The van der Waals surface area contributed by atoms with Crippen LogP contribution in [0.4, 0.5) is 0 Å². The van der Waals surface area contributed by atoms with Crippen LogP contribution in [0.5, 0.6) is 0 Å². The molecule has 0 rings (SSSR count). The summed E-state index contributed by atoms with van der Waals surface area (Å²) in [5.74, 6) is 1.59. The molecule has 0 heterocycles. The van der Waals surface area contributed by atoms with Crippen LogP contribution in [0.25, 0.3) is 0 Å². The Bertz CT molecular complexity index is 115. The monoisotopic (exact) mass is 178 g/mol. The lowest BCUT2D eigenvalue weighted by Gasteiger charge is -2.14. The molecule has 0 saturated carbocycles. The fourth-order valence-corrected chi connectivity index (χ4v) is 1.34. The van der Waals surface area contributed by atoms with Crippen LogP contribution in [0.3, 0.4) is 0 Å². The van der Waals surface area contributed by atoms with Crippen LogP contribution in [0.2, 0.25) is 0 Å². The number of hydrogen-bond donors (Lipinski definition) is 1. The fourth-order valence-electron chi connectivity index (χ4n) is 0.355. The average Bonchev–Trinajstić information content (AvgIpc) is 1.80. The van der Waals surface area contributed by atoms with E-state index in [1.165, 1.54) is 11.8 Å². The van der Waals surface area contributed by atoms with Crippen LogP contribution in [-0.4, -0.2) is 16.6 Å². The van der Waals surface area contributed by atoms with Crippen LogP contribution in [0, 0.1) is 5.41 Å². The van der Waals surface area contributed by atoms with Gasteiger partial charge in [-0.2, -0.15) is 12.6 Å². The summed E-state index contributed by atoms with van der Waals surface area (Å²) < 4.78 is 0. The van der Waals surface area contributed by atoms with E-state index < -0.39 is 0 Å². The van der Waals surface area contributed by atoms with Crippen LogP contribution in [0.1, 0.15) is 20.8 Å². The molecule has 0 spiro atoms. The van der Waals surface area contributed by atoms with Crippen LogP contribution in [-0.2, 0) is 4.79 Å². The van der Waals surface area contributed by atoms with Gasteiger partial charge in [-0.15, -0.1) is 0 Å². The molecule has 0 aliphatic rings. The van der Waals surface area contributed by atoms with Gasteiger partial charge in [0.15, 0.2) is 5.12 Å². The number of thiol groups is 1. The van der Waals surface area contributed by atoms with E-state index in [0.29, 0.717) is 0 Å². The van der Waals surface area contributed by atoms with Crippen molar-refractivity contribution in [2.45, 2.75) is 20.8 Å². The number of carbonyl (C=O) groups excluding carboxylic acids is 1. The number of thioether (sulfide) groups is 1. The lowest BCUT2D eigenvalue weighted by molar-refractivity contribution is -0.117. The van der Waals surface area contributed by atoms with Crippen molar-refractivity contribution in [1.82, 2.24) is 0 Å². The van der Waals surface area contributed by atoms with Crippen molar-refractivity contribution in [1.29, 1.82) is 0 Å². The van der Waals surface area contributed by atoms with E-state index in [0.717, 1.165) is 11.5 Å². The SMILES string of the molecule is CC(C)(C)C(=O)SCCS. The molecular formula is C7H14OS2. The first-order chi connectivity index (χ1) is 4.48. The first kappa shape index (κ1) is 10.4. The Kier molecular flexibility index (Phi) is 4.45. The Morgan fingerprint density at radius 1 is 1.50 bits per heavy atom. The number of carbonyl (C=O) groups is 1. The number of rotatable bonds is 2. The molecule has 1 nitrogen and oxygen atoms in total. The molecule has 0 radical (unpaired) electrons. The summed E-state index contributed by atoms with van der Waals surface area (Å²) in [6.45, 7) is 5.79. The van der Waals surface area contributed by atoms with Crippen molar-refractivity contribution in [2.24, 2.45) is 5.41 Å². The first-order valence-electron chi connectivity index (χ1n) is 3.26. The van der Waals surface area contributed by atoms with Crippen molar-refractivity contribution < 1.29 is 4.79 Å². The number of hydrogen-bond acceptors (Lipinski definition) is 3. The van der Waals surface area contributed by atoms with E-state index in [-0.39, 0.29) is 10.5 Å². The van der Waals surface area contributed by atoms with E-state index in [1.807, 2.05) is 20.8 Å². The summed E-state index contributed by atoms with van der Waals surface area (Å²) in [7, 11) is 0. The molecule has 0 aromatic rings. The van der Waals surface area contributed by atoms with Gasteiger partial charge in [0, 0.05) is 11.2 Å². The van der Waals surface area contributed by atoms with Gasteiger partial charge >= 0.3 is 0 Å². The second-order valence-electron chi connectivity index (χ2n) is 3.11. The quantitative estimate of drug-likeness (QED) is 0.653. The average molecular weight is 178 g/mol. The highest BCUT2D eigenvalue weighted by atomic mass is 32.2. The maximum atomic E-state index is 11.2. The van der Waals surface area contributed by atoms with E-state index in [1.54, 1.807) is 0 Å². The third-order valence-electron chi connectivity index (χ3n) is 0.937. The highest BCUT2D eigenvalue weighted by Gasteiger charge is 2.20. The molecule has 0 fully saturated rings. The van der Waals surface area contributed by atoms with Gasteiger partial charge in [0.2, 0.25) is 0 Å². The second kappa shape index (κ2) is 4.29. The van der Waals surface area contributed by atoms with E-state index in [9.17, 15) is 4.79 Å². The normalized spacial score (nSPS) is 11.6. The topological polar surface area (TPSA) is 17.1 Å². The van der Waals surface area contributed by atoms with Crippen molar-refractivity contribution in [3.8, 4) is 0 Å². The van der Waals surface area contributed by atoms with Crippen LogP contribution in [0.15, 0.2) is 0 Å². The van der Waals surface area contributed by atoms with Gasteiger partial charge < -0.3 is 0 Å². The molecular weight excluding hydrogens is 164 g/mol. The fraction of sp³-hybridized carbons (Fsp3) is 0.857. The van der Waals surface area contributed by atoms with E-state index in [4.69, 9.17) is 0 Å². The predicted octanol–water partition coefficient (Wildman–Crippen LogP) is 2.22. The first-order valence-corrected chi connectivity index (χ1v) is 4.88. The third-order valence-corrected chi connectivity index (χ3v) is 2.75. The molecule has 60 valence electrons. The van der Waals surface area contributed by atoms with Crippen molar-refractivity contribution in [2.75, 3.05) is 11.5 Å². The van der Waals surface area contributed by atoms with Crippen molar-refractivity contribution in [3.05, 3.63) is 0 Å². The molecule has 0 bridgehead atoms. The van der Waals surface area contributed by atoms with Gasteiger partial charge in [-0.25, -0.2) is 0 Å². The molecule has 0 saturated heterocycles. The van der Waals surface area contributed by atoms with Gasteiger partial charge in [0.25, 0.3) is 0 Å². The molecule has 0 aromatic heterocycles. The minimum atomic E-state index is -0.201. The van der Waals surface area contributed by atoms with Gasteiger partial charge in [0.1, 0.15) is 0 Å². The lowest BCUT2D eigenvalue weighted by atomic mass is 10.00. The zero-order chi connectivity index (χ0) is 8.20. The second-order valence-corrected chi connectivity index (χ2v) is 4.62. The summed E-state index contributed by atoms with van der Waals surface area (Å²) in [4.78, 5) is 11.2. The zero-order valence-electron chi connectivity index (χ0n) is 6.68. The molecule has 0 unspecified atom stereocenters. The summed E-state index contributed by atoms with van der Waals surface area (Å²) in [6, 6.07) is 0. The zero-order valence-corrected chi connectivity index (χ0v) is 8.39. The summed E-state index contributed by atoms with van der Waals surface area (Å²) >= 11 is 5.39. The molecule has 3 heteroatoms. The van der Waals surface area contributed by atoms with Crippen molar-refractivity contribution >= 4 is 29.5 Å². The van der Waals surface area contributed by atoms with Gasteiger partial charge in [-0.3, -0.25) is 4.79 Å². The largest absolute Gasteiger partial charge is 0.287 e. The molecule has 0 aliphatic heterocycles. The van der Waals surface area contributed by atoms with Gasteiger partial charge in [-0.05, 0) is 5.75 Å². The summed E-state index contributed by atoms with van der Waals surface area (Å²) in [5, 5.41) is 0.251. The maximum absolute atomic E-state index is 11.2. The van der Waals surface area contributed by atoms with Crippen LogP contribution < -0.4 is 0 Å². The van der Waals surface area contributed by atoms with Crippen LogP contribution >= 0.6 is 24.4 Å². The Morgan fingerprint density at radius 2 is 2.00 bits per heavy atom. The highest BCUT2D eigenvalue weighted by molar-refractivity contribution is 8.14. The molecule has 0 aromatic carbocycles. The third kappa shape index (κ3) is 4.23. The highest BCUT2D eigenvalue weighted by Crippen LogP contribution is 2.22. The smallest absolute Gasteiger partial charge is 0.194 e. The minimum absolute atomic E-state index is 0.201. The minimum Gasteiger partial charge on any atom is -0.287 e. The van der Waals surface area contributed by atoms with E-state index in [2.05, 4.69) is 12.6 Å². The molecule has 0 atom stereocenters. The molecule has 10 heavy (non-hydrogen) atoms. The Balaban J connectivity index is 3.64.